The lowest BCUT2D eigenvalue weighted by atomic mass is 10.2. The van der Waals surface area contributed by atoms with E-state index in [2.05, 4.69) is 20.6 Å². The lowest BCUT2D eigenvalue weighted by Gasteiger charge is -2.05. The van der Waals surface area contributed by atoms with Crippen LogP contribution in [0.5, 0.6) is 0 Å². The number of aromatic amines is 1. The largest absolute Gasteiger partial charge is 0.321 e. The summed E-state index contributed by atoms with van der Waals surface area (Å²) in [6, 6.07) is 7.36. The average Bonchev–Trinajstić information content (AvgIpc) is 2.94. The highest BCUT2D eigenvalue weighted by Crippen LogP contribution is 2.17. The highest BCUT2D eigenvalue weighted by molar-refractivity contribution is 6.04. The molecule has 96 valence electrons. The van der Waals surface area contributed by atoms with Crippen LogP contribution in [0, 0.1) is 6.92 Å². The molecule has 2 heterocycles. The first-order valence-electron chi connectivity index (χ1n) is 5.88. The Morgan fingerprint density at radius 1 is 1.37 bits per heavy atom. The fourth-order valence-electron chi connectivity index (χ4n) is 2.03. The molecule has 1 aromatic carbocycles. The summed E-state index contributed by atoms with van der Waals surface area (Å²) in [5, 5.41) is 14.8. The number of fused-ring (bicyclic) bond motifs is 1. The van der Waals surface area contributed by atoms with Crippen molar-refractivity contribution in [2.45, 2.75) is 6.92 Å². The second kappa shape index (κ2) is 4.24. The van der Waals surface area contributed by atoms with E-state index in [1.54, 1.807) is 24.0 Å². The molecule has 0 spiro atoms. The summed E-state index contributed by atoms with van der Waals surface area (Å²) in [7, 11) is 1.75. The molecule has 0 fully saturated rings. The summed E-state index contributed by atoms with van der Waals surface area (Å²) >= 11 is 0. The van der Waals surface area contributed by atoms with Crippen molar-refractivity contribution < 1.29 is 4.79 Å². The lowest BCUT2D eigenvalue weighted by Crippen LogP contribution is -2.15. The number of carbonyl (C=O) groups excluding carboxylic acids is 1. The van der Waals surface area contributed by atoms with Crippen molar-refractivity contribution in [3.63, 3.8) is 0 Å². The summed E-state index contributed by atoms with van der Waals surface area (Å²) in [6.45, 7) is 1.85. The van der Waals surface area contributed by atoms with Gasteiger partial charge in [0.1, 0.15) is 5.69 Å². The minimum absolute atomic E-state index is 0.179. The number of nitrogens with zero attached hydrogens (tertiary/aromatic N) is 3. The maximum absolute atomic E-state index is 12.1. The normalized spacial score (nSPS) is 10.8. The van der Waals surface area contributed by atoms with Crippen molar-refractivity contribution in [3.8, 4) is 0 Å². The highest BCUT2D eigenvalue weighted by atomic mass is 16.2. The molecule has 3 aromatic rings. The molecule has 2 N–H and O–H groups in total. The molecule has 0 aliphatic carbocycles. The van der Waals surface area contributed by atoms with Gasteiger partial charge in [0.2, 0.25) is 0 Å². The van der Waals surface area contributed by atoms with Gasteiger partial charge in [0, 0.05) is 18.1 Å². The van der Waals surface area contributed by atoms with Crippen LogP contribution in [0.1, 0.15) is 16.2 Å². The zero-order chi connectivity index (χ0) is 13.4. The quantitative estimate of drug-likeness (QED) is 0.733. The van der Waals surface area contributed by atoms with Crippen LogP contribution in [0.2, 0.25) is 0 Å². The predicted molar refractivity (Wildman–Crippen MR) is 72.0 cm³/mol. The first-order valence-corrected chi connectivity index (χ1v) is 5.88. The Morgan fingerprint density at radius 2 is 2.21 bits per heavy atom. The third-order valence-corrected chi connectivity index (χ3v) is 2.93. The predicted octanol–water partition coefficient (Wildman–Crippen LogP) is 1.86. The zero-order valence-corrected chi connectivity index (χ0v) is 10.6. The van der Waals surface area contributed by atoms with Crippen LogP contribution >= 0.6 is 0 Å². The summed E-state index contributed by atoms with van der Waals surface area (Å²) in [5.74, 6) is -0.179. The van der Waals surface area contributed by atoms with Crippen molar-refractivity contribution in [2.24, 2.45) is 7.05 Å². The molecular weight excluding hydrogens is 242 g/mol. The Morgan fingerprint density at radius 3 is 2.95 bits per heavy atom. The molecule has 3 rings (SSSR count). The summed E-state index contributed by atoms with van der Waals surface area (Å²) in [5.41, 5.74) is 2.96. The first-order chi connectivity index (χ1) is 9.13. The third-order valence-electron chi connectivity index (χ3n) is 2.93. The number of amides is 1. The minimum atomic E-state index is -0.179. The zero-order valence-electron chi connectivity index (χ0n) is 10.6. The van der Waals surface area contributed by atoms with Gasteiger partial charge in [0.15, 0.2) is 0 Å². The van der Waals surface area contributed by atoms with Crippen LogP contribution in [-0.2, 0) is 7.05 Å². The van der Waals surface area contributed by atoms with Crippen molar-refractivity contribution in [3.05, 3.63) is 41.9 Å². The van der Waals surface area contributed by atoms with Crippen LogP contribution in [-0.4, -0.2) is 25.9 Å². The molecular formula is C13H13N5O. The van der Waals surface area contributed by atoms with Crippen LogP contribution in [0.4, 0.5) is 5.69 Å². The van der Waals surface area contributed by atoms with E-state index in [1.165, 1.54) is 0 Å². The van der Waals surface area contributed by atoms with Crippen LogP contribution in [0.15, 0.2) is 30.5 Å². The van der Waals surface area contributed by atoms with Gasteiger partial charge in [-0.25, -0.2) is 0 Å². The maximum atomic E-state index is 12.1. The van der Waals surface area contributed by atoms with Gasteiger partial charge >= 0.3 is 0 Å². The fraction of sp³-hybridized carbons (Fsp3) is 0.154. The Bertz CT molecular complexity index is 755. The van der Waals surface area contributed by atoms with Crippen LogP contribution in [0.3, 0.4) is 0 Å². The Kier molecular flexibility index (Phi) is 2.56. The molecule has 6 heteroatoms. The smallest absolute Gasteiger partial charge is 0.273 e. The fourth-order valence-corrected chi connectivity index (χ4v) is 2.03. The van der Waals surface area contributed by atoms with E-state index >= 15 is 0 Å². The summed E-state index contributed by atoms with van der Waals surface area (Å²) < 4.78 is 1.57. The number of rotatable bonds is 2. The lowest BCUT2D eigenvalue weighted by molar-refractivity contribution is 0.101. The Labute approximate surface area is 109 Å². The van der Waals surface area contributed by atoms with Gasteiger partial charge in [-0.05, 0) is 31.2 Å². The monoisotopic (exact) mass is 255 g/mol. The number of hydrogen-bond donors (Lipinski definition) is 2. The molecule has 1 amide bonds. The van der Waals surface area contributed by atoms with Crippen LogP contribution in [0.25, 0.3) is 10.9 Å². The molecule has 0 aliphatic rings. The molecule has 0 saturated carbocycles. The number of anilines is 1. The van der Waals surface area contributed by atoms with E-state index < -0.39 is 0 Å². The molecule has 0 radical (unpaired) electrons. The van der Waals surface area contributed by atoms with Gasteiger partial charge in [-0.1, -0.05) is 0 Å². The Hall–Kier alpha value is -2.63. The van der Waals surface area contributed by atoms with Crippen LogP contribution < -0.4 is 5.32 Å². The SMILES string of the molecule is Cc1cc(C(=O)Nc2ccc3cn[nH]c3c2)n(C)n1. The number of nitrogens with one attached hydrogen (secondary N) is 2. The first kappa shape index (κ1) is 11.5. The minimum Gasteiger partial charge on any atom is -0.321 e. The summed E-state index contributed by atoms with van der Waals surface area (Å²) in [4.78, 5) is 12.1. The maximum Gasteiger partial charge on any atom is 0.273 e. The molecule has 0 unspecified atom stereocenters. The van der Waals surface area contributed by atoms with E-state index in [-0.39, 0.29) is 5.91 Å². The van der Waals surface area contributed by atoms with E-state index in [4.69, 9.17) is 0 Å². The van der Waals surface area contributed by atoms with Gasteiger partial charge in [0.05, 0.1) is 17.4 Å². The van der Waals surface area contributed by atoms with Gasteiger partial charge < -0.3 is 5.32 Å². The number of benzene rings is 1. The van der Waals surface area contributed by atoms with Gasteiger partial charge in [-0.2, -0.15) is 10.2 Å². The van der Waals surface area contributed by atoms with E-state index in [1.807, 2.05) is 25.1 Å². The van der Waals surface area contributed by atoms with Crippen molar-refractivity contribution >= 4 is 22.5 Å². The standard InChI is InChI=1S/C13H13N5O/c1-8-5-12(18(2)17-8)13(19)15-10-4-3-9-7-14-16-11(9)6-10/h3-7H,1-2H3,(H,14,16)(H,15,19). The van der Waals surface area contributed by atoms with Gasteiger partial charge in [-0.15, -0.1) is 0 Å². The third kappa shape index (κ3) is 2.08. The van der Waals surface area contributed by atoms with Crippen molar-refractivity contribution in [1.82, 2.24) is 20.0 Å². The molecule has 2 aromatic heterocycles. The average molecular weight is 255 g/mol. The second-order valence-electron chi connectivity index (χ2n) is 4.42. The number of H-pyrrole nitrogens is 1. The van der Waals surface area contributed by atoms with E-state index in [0.29, 0.717) is 5.69 Å². The van der Waals surface area contributed by atoms with Crippen molar-refractivity contribution in [1.29, 1.82) is 0 Å². The van der Waals surface area contributed by atoms with Gasteiger partial charge in [-0.3, -0.25) is 14.6 Å². The molecule has 0 bridgehead atoms. The molecule has 0 saturated heterocycles. The molecule has 19 heavy (non-hydrogen) atoms. The Balaban J connectivity index is 1.88. The molecule has 6 nitrogen and oxygen atoms in total. The van der Waals surface area contributed by atoms with Crippen molar-refractivity contribution in [2.75, 3.05) is 5.32 Å². The number of carbonyl (C=O) groups is 1. The number of aromatic nitrogens is 4. The molecule has 0 aliphatic heterocycles. The summed E-state index contributed by atoms with van der Waals surface area (Å²) in [6.07, 6.45) is 1.74. The van der Waals surface area contributed by atoms with Gasteiger partial charge in [0.25, 0.3) is 5.91 Å². The number of aryl methyl sites for hydroxylation is 2. The topological polar surface area (TPSA) is 75.6 Å². The molecule has 0 atom stereocenters. The van der Waals surface area contributed by atoms with E-state index in [0.717, 1.165) is 22.3 Å². The van der Waals surface area contributed by atoms with E-state index in [9.17, 15) is 4.79 Å². The highest BCUT2D eigenvalue weighted by Gasteiger charge is 2.12. The second-order valence-corrected chi connectivity index (χ2v) is 4.42. The number of hydrogen-bond acceptors (Lipinski definition) is 3.